The lowest BCUT2D eigenvalue weighted by Crippen LogP contribution is -1.94. The molecule has 34 heavy (non-hydrogen) atoms. The fourth-order valence-electron chi connectivity index (χ4n) is 2.85. The summed E-state index contributed by atoms with van der Waals surface area (Å²) in [6, 6.07) is 35.7. The minimum Gasteiger partial charge on any atom is -0.508 e. The van der Waals surface area contributed by atoms with Crippen molar-refractivity contribution in [3.8, 4) is 16.9 Å². The lowest BCUT2D eigenvalue weighted by Gasteiger charge is -2.05. The molecule has 4 aromatic rings. The van der Waals surface area contributed by atoms with Crippen molar-refractivity contribution in [2.75, 3.05) is 36.6 Å². The third kappa shape index (κ3) is 10.9. The summed E-state index contributed by atoms with van der Waals surface area (Å²) in [7, 11) is 3.85. The van der Waals surface area contributed by atoms with E-state index in [0.717, 1.165) is 17.9 Å². The Balaban J connectivity index is 0.000000271. The first-order chi connectivity index (χ1) is 16.7. The monoisotopic (exact) mass is 457 g/mol. The molecule has 5 nitrogen and oxygen atoms in total. The van der Waals surface area contributed by atoms with Crippen LogP contribution in [-0.4, -0.2) is 32.5 Å². The van der Waals surface area contributed by atoms with E-state index in [-0.39, 0.29) is 0 Å². The number of phenols is 1. The van der Waals surface area contributed by atoms with Crippen molar-refractivity contribution in [1.29, 1.82) is 0 Å². The number of anilines is 3. The molecule has 0 saturated carbocycles. The van der Waals surface area contributed by atoms with Crippen molar-refractivity contribution < 1.29 is 9.90 Å². The molecule has 0 fully saturated rings. The van der Waals surface area contributed by atoms with Gasteiger partial charge in [0, 0.05) is 37.7 Å². The summed E-state index contributed by atoms with van der Waals surface area (Å²) in [6.45, 7) is 5.08. The van der Waals surface area contributed by atoms with Gasteiger partial charge in [-0.15, -0.1) is 0 Å². The quantitative estimate of drug-likeness (QED) is 0.266. The van der Waals surface area contributed by atoms with Gasteiger partial charge in [0.1, 0.15) is 12.5 Å². The normalized spacial score (nSPS) is 8.91. The van der Waals surface area contributed by atoms with Gasteiger partial charge in [-0.3, -0.25) is 0 Å². The number of carbonyl (C=O) groups excluding carboxylic acids is 1. The Morgan fingerprint density at radius 2 is 0.971 bits per heavy atom. The highest BCUT2D eigenvalue weighted by atomic mass is 16.3. The van der Waals surface area contributed by atoms with Crippen LogP contribution in [0.25, 0.3) is 11.1 Å². The second-order valence-corrected chi connectivity index (χ2v) is 6.89. The second-order valence-electron chi connectivity index (χ2n) is 6.89. The van der Waals surface area contributed by atoms with E-state index >= 15 is 0 Å². The summed E-state index contributed by atoms with van der Waals surface area (Å²) in [6.07, 6.45) is 0. The smallest absolute Gasteiger partial charge is 0.115 e. The van der Waals surface area contributed by atoms with Crippen LogP contribution in [0.2, 0.25) is 0 Å². The van der Waals surface area contributed by atoms with Crippen LogP contribution < -0.4 is 16.0 Å². The van der Waals surface area contributed by atoms with Gasteiger partial charge in [0.05, 0.1) is 0 Å². The number of hydrogen-bond donors (Lipinski definition) is 4. The highest BCUT2D eigenvalue weighted by molar-refractivity contribution is 5.68. The minimum atomic E-state index is 0.322. The number of hydrogen-bond acceptors (Lipinski definition) is 5. The maximum atomic E-state index is 8.63. The van der Waals surface area contributed by atoms with Crippen LogP contribution in [0.1, 0.15) is 6.92 Å². The van der Waals surface area contributed by atoms with E-state index in [9.17, 15) is 0 Å². The van der Waals surface area contributed by atoms with Gasteiger partial charge < -0.3 is 25.9 Å². The van der Waals surface area contributed by atoms with Crippen molar-refractivity contribution in [2.24, 2.45) is 0 Å². The molecular formula is C29H35N3O2. The third-order valence-electron chi connectivity index (χ3n) is 4.59. The summed E-state index contributed by atoms with van der Waals surface area (Å²) in [5.74, 6) is 0.322. The van der Waals surface area contributed by atoms with Gasteiger partial charge in [0.15, 0.2) is 0 Å². The molecule has 0 aromatic heterocycles. The summed E-state index contributed by atoms with van der Waals surface area (Å²) in [5.41, 5.74) is 5.94. The molecule has 0 radical (unpaired) electrons. The van der Waals surface area contributed by atoms with Gasteiger partial charge in [-0.1, -0.05) is 60.7 Å². The van der Waals surface area contributed by atoms with Crippen LogP contribution in [0, 0.1) is 0 Å². The Morgan fingerprint density at radius 3 is 1.26 bits per heavy atom. The van der Waals surface area contributed by atoms with E-state index in [2.05, 4.69) is 83.5 Å². The molecular weight excluding hydrogens is 422 g/mol. The van der Waals surface area contributed by atoms with Gasteiger partial charge in [0.2, 0.25) is 0 Å². The molecule has 0 bridgehead atoms. The van der Waals surface area contributed by atoms with Crippen molar-refractivity contribution in [3.05, 3.63) is 109 Å². The zero-order valence-corrected chi connectivity index (χ0v) is 20.2. The van der Waals surface area contributed by atoms with Crippen LogP contribution in [-0.2, 0) is 4.79 Å². The first-order valence-electron chi connectivity index (χ1n) is 11.0. The molecule has 5 heteroatoms. The molecule has 0 amide bonds. The van der Waals surface area contributed by atoms with Crippen LogP contribution in [0.4, 0.5) is 17.1 Å². The van der Waals surface area contributed by atoms with Gasteiger partial charge >= 0.3 is 0 Å². The number of aromatic hydroxyl groups is 1. The molecule has 0 aliphatic heterocycles. The number of para-hydroxylation sites is 2. The van der Waals surface area contributed by atoms with Crippen molar-refractivity contribution in [3.63, 3.8) is 0 Å². The number of phenolic OH excluding ortho intramolecular Hbond substituents is 1. The lowest BCUT2D eigenvalue weighted by molar-refractivity contribution is -0.0979. The van der Waals surface area contributed by atoms with Crippen molar-refractivity contribution in [2.45, 2.75) is 6.92 Å². The highest BCUT2D eigenvalue weighted by Gasteiger charge is 1.97. The van der Waals surface area contributed by atoms with E-state index < -0.39 is 0 Å². The topological polar surface area (TPSA) is 73.4 Å². The molecule has 0 atom stereocenters. The average molecular weight is 458 g/mol. The molecule has 0 saturated heterocycles. The Kier molecular flexibility index (Phi) is 14.2. The van der Waals surface area contributed by atoms with Crippen LogP contribution in [0.5, 0.6) is 5.75 Å². The first-order valence-corrected chi connectivity index (χ1v) is 11.0. The Morgan fingerprint density at radius 1 is 0.588 bits per heavy atom. The maximum Gasteiger partial charge on any atom is 0.115 e. The number of benzene rings is 4. The van der Waals surface area contributed by atoms with Gasteiger partial charge in [-0.25, -0.2) is 0 Å². The molecule has 4 rings (SSSR count). The highest BCUT2D eigenvalue weighted by Crippen LogP contribution is 2.22. The van der Waals surface area contributed by atoms with Crippen molar-refractivity contribution >= 4 is 23.9 Å². The summed E-state index contributed by atoms with van der Waals surface area (Å²) >= 11 is 0. The summed E-state index contributed by atoms with van der Waals surface area (Å²) < 4.78 is 0. The van der Waals surface area contributed by atoms with E-state index in [1.54, 1.807) is 24.3 Å². The van der Waals surface area contributed by atoms with Crippen LogP contribution >= 0.6 is 0 Å². The van der Waals surface area contributed by atoms with E-state index in [1.807, 2.05) is 45.1 Å². The second kappa shape index (κ2) is 17.3. The molecule has 0 spiro atoms. The van der Waals surface area contributed by atoms with Crippen LogP contribution in [0.3, 0.4) is 0 Å². The first kappa shape index (κ1) is 27.8. The van der Waals surface area contributed by atoms with Crippen LogP contribution in [0.15, 0.2) is 109 Å². The van der Waals surface area contributed by atoms with Crippen molar-refractivity contribution in [1.82, 2.24) is 0 Å². The Labute approximate surface area is 203 Å². The fraction of sp³-hybridized carbons (Fsp3) is 0.138. The average Bonchev–Trinajstić information content (AvgIpc) is 2.92. The zero-order chi connectivity index (χ0) is 25.0. The van der Waals surface area contributed by atoms with Gasteiger partial charge in [-0.2, -0.15) is 0 Å². The van der Waals surface area contributed by atoms with E-state index in [4.69, 9.17) is 9.90 Å². The van der Waals surface area contributed by atoms with Gasteiger partial charge in [-0.05, 0) is 66.6 Å². The predicted molar refractivity (Wildman–Crippen MR) is 147 cm³/mol. The summed E-state index contributed by atoms with van der Waals surface area (Å²) in [4.78, 5) is 8.00. The predicted octanol–water partition coefficient (Wildman–Crippen LogP) is 6.76. The molecule has 0 aliphatic carbocycles. The molecule has 4 N–H and O–H groups in total. The molecule has 0 heterocycles. The largest absolute Gasteiger partial charge is 0.508 e. The maximum absolute atomic E-state index is 8.63. The molecule has 178 valence electrons. The standard InChI is InChI=1S/C14H16N2.C8H11N.C6H6O.CH2O/c1-15-13-7-3-11(4-8-13)12-5-9-14(16-2)10-6-12;1-2-9-8-6-4-3-5-7-8;7-6-4-2-1-3-5-6;1-2/h3-10,15-16H,1-2H3;3-7,9H,2H2,1H3;1-5,7H;1H2. The zero-order valence-electron chi connectivity index (χ0n) is 20.2. The van der Waals surface area contributed by atoms with E-state index in [0.29, 0.717) is 5.75 Å². The molecule has 0 unspecified atom stereocenters. The number of carbonyl (C=O) groups is 1. The van der Waals surface area contributed by atoms with E-state index in [1.165, 1.54) is 16.8 Å². The Bertz CT molecular complexity index is 961. The number of rotatable bonds is 5. The third-order valence-corrected chi connectivity index (χ3v) is 4.59. The Hall–Kier alpha value is -4.25. The number of nitrogens with one attached hydrogen (secondary N) is 3. The minimum absolute atomic E-state index is 0.322. The lowest BCUT2D eigenvalue weighted by atomic mass is 10.1. The fourth-order valence-corrected chi connectivity index (χ4v) is 2.85. The summed E-state index contributed by atoms with van der Waals surface area (Å²) in [5, 5.41) is 18.1. The SMILES string of the molecule is C=O.CCNc1ccccc1.CNc1ccc(-c2ccc(NC)cc2)cc1.Oc1ccccc1. The van der Waals surface area contributed by atoms with Gasteiger partial charge in [0.25, 0.3) is 0 Å². The molecule has 4 aromatic carbocycles. The molecule has 0 aliphatic rings.